The Labute approximate surface area is 141 Å². The fourth-order valence-corrected chi connectivity index (χ4v) is 2.01. The van der Waals surface area contributed by atoms with E-state index in [1.165, 1.54) is 0 Å². The zero-order valence-corrected chi connectivity index (χ0v) is 13.8. The molecule has 5 heteroatoms. The number of rotatable bonds is 7. The molecule has 1 unspecified atom stereocenters. The van der Waals surface area contributed by atoms with Crippen LogP contribution in [0.2, 0.25) is 0 Å². The average Bonchev–Trinajstić information content (AvgIpc) is 2.60. The van der Waals surface area contributed by atoms with E-state index in [4.69, 9.17) is 9.47 Å². The van der Waals surface area contributed by atoms with Crippen LogP contribution in [0.15, 0.2) is 54.6 Å². The molecule has 0 aliphatic rings. The standard InChI is InChI=1S/C19H21NO4/c1-3-13-20-18(21)14(2)23-19(22)16-11-7-8-12-17(16)24-15-9-5-4-6-10-15/h4-12,14H,3,13H2,1-2H3,(H,20,21). The minimum atomic E-state index is -0.867. The van der Waals surface area contributed by atoms with Gasteiger partial charge < -0.3 is 14.8 Å². The molecule has 5 nitrogen and oxygen atoms in total. The summed E-state index contributed by atoms with van der Waals surface area (Å²) in [7, 11) is 0. The molecule has 0 saturated carbocycles. The van der Waals surface area contributed by atoms with Gasteiger partial charge in [-0.25, -0.2) is 4.79 Å². The molecular formula is C19H21NO4. The van der Waals surface area contributed by atoms with Crippen LogP contribution in [0.25, 0.3) is 0 Å². The lowest BCUT2D eigenvalue weighted by Crippen LogP contribution is -2.36. The summed E-state index contributed by atoms with van der Waals surface area (Å²) in [5.41, 5.74) is 0.275. The summed E-state index contributed by atoms with van der Waals surface area (Å²) >= 11 is 0. The lowest BCUT2D eigenvalue weighted by Gasteiger charge is -2.15. The van der Waals surface area contributed by atoms with E-state index in [1.807, 2.05) is 25.1 Å². The maximum atomic E-state index is 12.4. The van der Waals surface area contributed by atoms with Crippen molar-refractivity contribution in [2.45, 2.75) is 26.4 Å². The third-order valence-corrected chi connectivity index (χ3v) is 3.28. The van der Waals surface area contributed by atoms with E-state index < -0.39 is 12.1 Å². The monoisotopic (exact) mass is 327 g/mol. The topological polar surface area (TPSA) is 64.6 Å². The van der Waals surface area contributed by atoms with Crippen LogP contribution in [0.1, 0.15) is 30.6 Å². The molecule has 0 bridgehead atoms. The van der Waals surface area contributed by atoms with Gasteiger partial charge in [-0.05, 0) is 37.6 Å². The van der Waals surface area contributed by atoms with Crippen molar-refractivity contribution in [1.29, 1.82) is 0 Å². The molecule has 0 radical (unpaired) electrons. The Kier molecular flexibility index (Phi) is 6.37. The molecule has 126 valence electrons. The molecule has 0 spiro atoms. The van der Waals surface area contributed by atoms with Gasteiger partial charge in [-0.15, -0.1) is 0 Å². The SMILES string of the molecule is CCCNC(=O)C(C)OC(=O)c1ccccc1Oc1ccccc1. The second kappa shape index (κ2) is 8.72. The van der Waals surface area contributed by atoms with E-state index in [9.17, 15) is 9.59 Å². The molecular weight excluding hydrogens is 306 g/mol. The van der Waals surface area contributed by atoms with E-state index >= 15 is 0 Å². The third-order valence-electron chi connectivity index (χ3n) is 3.28. The first kappa shape index (κ1) is 17.5. The van der Waals surface area contributed by atoms with Gasteiger partial charge in [0.05, 0.1) is 0 Å². The molecule has 2 aromatic carbocycles. The molecule has 0 saturated heterocycles. The van der Waals surface area contributed by atoms with Crippen molar-refractivity contribution >= 4 is 11.9 Å². The fraction of sp³-hybridized carbons (Fsp3) is 0.263. The Balaban J connectivity index is 2.08. The molecule has 2 aromatic rings. The molecule has 1 amide bonds. The van der Waals surface area contributed by atoms with Gasteiger partial charge in [0.15, 0.2) is 6.10 Å². The van der Waals surface area contributed by atoms with Crippen molar-refractivity contribution in [3.8, 4) is 11.5 Å². The van der Waals surface area contributed by atoms with E-state index in [0.29, 0.717) is 18.0 Å². The number of carbonyl (C=O) groups is 2. The Morgan fingerprint density at radius 3 is 2.42 bits per heavy atom. The van der Waals surface area contributed by atoms with Gasteiger partial charge in [0.1, 0.15) is 17.1 Å². The number of hydrogen-bond acceptors (Lipinski definition) is 4. The Morgan fingerprint density at radius 1 is 1.04 bits per heavy atom. The number of benzene rings is 2. The highest BCUT2D eigenvalue weighted by Gasteiger charge is 2.21. The van der Waals surface area contributed by atoms with Crippen LogP contribution in [0, 0.1) is 0 Å². The molecule has 1 N–H and O–H groups in total. The van der Waals surface area contributed by atoms with Gasteiger partial charge in [0.25, 0.3) is 5.91 Å². The van der Waals surface area contributed by atoms with Crippen LogP contribution >= 0.6 is 0 Å². The number of hydrogen-bond donors (Lipinski definition) is 1. The highest BCUT2D eigenvalue weighted by Crippen LogP contribution is 2.25. The van der Waals surface area contributed by atoms with Crippen molar-refractivity contribution in [2.75, 3.05) is 6.54 Å². The second-order valence-electron chi connectivity index (χ2n) is 5.25. The smallest absolute Gasteiger partial charge is 0.342 e. The Morgan fingerprint density at radius 2 is 1.71 bits per heavy atom. The van der Waals surface area contributed by atoms with Crippen LogP contribution in [-0.4, -0.2) is 24.5 Å². The molecule has 0 aliphatic heterocycles. The van der Waals surface area contributed by atoms with Gasteiger partial charge in [0, 0.05) is 6.54 Å². The van der Waals surface area contributed by atoms with E-state index in [-0.39, 0.29) is 11.5 Å². The van der Waals surface area contributed by atoms with Crippen LogP contribution in [0.4, 0.5) is 0 Å². The Bertz CT molecular complexity index is 685. The van der Waals surface area contributed by atoms with E-state index in [1.54, 1.807) is 43.3 Å². The first-order valence-electron chi connectivity index (χ1n) is 7.92. The summed E-state index contributed by atoms with van der Waals surface area (Å²) in [5, 5.41) is 2.70. The summed E-state index contributed by atoms with van der Waals surface area (Å²) in [6.07, 6.45) is -0.0472. The summed E-state index contributed by atoms with van der Waals surface area (Å²) in [5.74, 6) is 0.0914. The van der Waals surface area contributed by atoms with Crippen molar-refractivity contribution in [3.63, 3.8) is 0 Å². The zero-order valence-electron chi connectivity index (χ0n) is 13.8. The predicted molar refractivity (Wildman–Crippen MR) is 91.1 cm³/mol. The molecule has 2 rings (SSSR count). The first-order chi connectivity index (χ1) is 11.6. The number of carbonyl (C=O) groups excluding carboxylic acids is 2. The average molecular weight is 327 g/mol. The molecule has 0 fully saturated rings. The van der Waals surface area contributed by atoms with Gasteiger partial charge in [-0.1, -0.05) is 37.3 Å². The largest absolute Gasteiger partial charge is 0.456 e. The molecule has 0 heterocycles. The summed E-state index contributed by atoms with van der Waals surface area (Å²) in [4.78, 5) is 24.2. The fourth-order valence-electron chi connectivity index (χ4n) is 2.01. The summed E-state index contributed by atoms with van der Waals surface area (Å²) < 4.78 is 11.0. The second-order valence-corrected chi connectivity index (χ2v) is 5.25. The highest BCUT2D eigenvalue weighted by molar-refractivity contribution is 5.94. The molecule has 24 heavy (non-hydrogen) atoms. The number of nitrogens with one attached hydrogen (secondary N) is 1. The van der Waals surface area contributed by atoms with Crippen molar-refractivity contribution in [3.05, 3.63) is 60.2 Å². The predicted octanol–water partition coefficient (Wildman–Crippen LogP) is 3.55. The van der Waals surface area contributed by atoms with Crippen LogP contribution in [0.3, 0.4) is 0 Å². The van der Waals surface area contributed by atoms with Crippen molar-refractivity contribution < 1.29 is 19.1 Å². The minimum Gasteiger partial charge on any atom is -0.456 e. The minimum absolute atomic E-state index is 0.275. The number of esters is 1. The molecule has 1 atom stereocenters. The van der Waals surface area contributed by atoms with Crippen LogP contribution in [0.5, 0.6) is 11.5 Å². The third kappa shape index (κ3) is 4.84. The van der Waals surface area contributed by atoms with E-state index in [2.05, 4.69) is 5.32 Å². The van der Waals surface area contributed by atoms with Gasteiger partial charge >= 0.3 is 5.97 Å². The summed E-state index contributed by atoms with van der Waals surface area (Å²) in [6.45, 7) is 4.05. The first-order valence-corrected chi connectivity index (χ1v) is 7.92. The van der Waals surface area contributed by atoms with Crippen molar-refractivity contribution in [2.24, 2.45) is 0 Å². The number of ether oxygens (including phenoxy) is 2. The zero-order chi connectivity index (χ0) is 17.4. The lowest BCUT2D eigenvalue weighted by molar-refractivity contribution is -0.129. The van der Waals surface area contributed by atoms with E-state index in [0.717, 1.165) is 6.42 Å². The van der Waals surface area contributed by atoms with Gasteiger partial charge in [0.2, 0.25) is 0 Å². The van der Waals surface area contributed by atoms with Crippen LogP contribution < -0.4 is 10.1 Å². The summed E-state index contributed by atoms with van der Waals surface area (Å²) in [6, 6.07) is 15.9. The lowest BCUT2D eigenvalue weighted by atomic mass is 10.2. The van der Waals surface area contributed by atoms with Crippen LogP contribution in [-0.2, 0) is 9.53 Å². The quantitative estimate of drug-likeness (QED) is 0.790. The maximum Gasteiger partial charge on any atom is 0.342 e. The van der Waals surface area contributed by atoms with Gasteiger partial charge in [-0.2, -0.15) is 0 Å². The number of amides is 1. The number of para-hydroxylation sites is 2. The molecule has 0 aromatic heterocycles. The molecule has 0 aliphatic carbocycles. The van der Waals surface area contributed by atoms with Crippen molar-refractivity contribution in [1.82, 2.24) is 5.32 Å². The normalized spacial score (nSPS) is 11.4. The Hall–Kier alpha value is -2.82. The van der Waals surface area contributed by atoms with Gasteiger partial charge in [-0.3, -0.25) is 4.79 Å². The highest BCUT2D eigenvalue weighted by atomic mass is 16.5. The maximum absolute atomic E-state index is 12.4.